The molecule has 2 rings (SSSR count). The highest BCUT2D eigenvalue weighted by molar-refractivity contribution is 14.0. The van der Waals surface area contributed by atoms with Crippen molar-refractivity contribution in [2.75, 3.05) is 32.0 Å². The number of sulfonamides is 1. The van der Waals surface area contributed by atoms with Crippen LogP contribution in [0.5, 0.6) is 0 Å². The second kappa shape index (κ2) is 12.5. The summed E-state index contributed by atoms with van der Waals surface area (Å²) in [7, 11) is -3.34. The lowest BCUT2D eigenvalue weighted by molar-refractivity contribution is 0.0200. The predicted octanol–water partition coefficient (Wildman–Crippen LogP) is 1.44. The van der Waals surface area contributed by atoms with E-state index >= 15 is 0 Å². The fraction of sp³-hybridized carbons (Fsp3) is 0.688. The molecule has 0 bridgehead atoms. The van der Waals surface area contributed by atoms with Crippen LogP contribution in [0.1, 0.15) is 31.9 Å². The maximum Gasteiger partial charge on any atom is 0.213 e. The van der Waals surface area contributed by atoms with Crippen LogP contribution in [0.2, 0.25) is 0 Å². The second-order valence-corrected chi connectivity index (χ2v) is 7.78. The first kappa shape index (κ1) is 23.2. The molecule has 1 saturated heterocycles. The van der Waals surface area contributed by atoms with Gasteiger partial charge in [0.2, 0.25) is 10.0 Å². The Morgan fingerprint density at radius 1 is 1.35 bits per heavy atom. The Hall–Kier alpha value is -0.850. The minimum Gasteiger partial charge on any atom is -0.467 e. The molecule has 1 unspecified atom stereocenters. The molecule has 0 amide bonds. The van der Waals surface area contributed by atoms with Crippen molar-refractivity contribution in [1.82, 2.24) is 15.4 Å². The van der Waals surface area contributed by atoms with E-state index < -0.39 is 10.0 Å². The first-order valence-electron chi connectivity index (χ1n) is 8.72. The van der Waals surface area contributed by atoms with Gasteiger partial charge in [-0.15, -0.1) is 24.0 Å². The molecule has 26 heavy (non-hydrogen) atoms. The van der Waals surface area contributed by atoms with Crippen LogP contribution in [0, 0.1) is 0 Å². The van der Waals surface area contributed by atoms with Crippen molar-refractivity contribution < 1.29 is 17.6 Å². The molecule has 1 fully saturated rings. The lowest BCUT2D eigenvalue weighted by atomic mass is 10.1. The lowest BCUT2D eigenvalue weighted by Gasteiger charge is -2.22. The van der Waals surface area contributed by atoms with Gasteiger partial charge in [-0.25, -0.2) is 18.1 Å². The predicted molar refractivity (Wildman–Crippen MR) is 112 cm³/mol. The average Bonchev–Trinajstić information content (AvgIpc) is 3.12. The Kier molecular flexibility index (Phi) is 11.2. The SMILES string of the molecule is CCNC(=NCc1ccco1)NCCS(=O)(=O)NCC1CCCCO1.I. The van der Waals surface area contributed by atoms with Gasteiger partial charge in [0.15, 0.2) is 5.96 Å². The third-order valence-corrected chi connectivity index (χ3v) is 5.13. The largest absolute Gasteiger partial charge is 0.467 e. The number of halogens is 1. The summed E-state index contributed by atoms with van der Waals surface area (Å²) in [4.78, 5) is 4.36. The Morgan fingerprint density at radius 2 is 2.19 bits per heavy atom. The van der Waals surface area contributed by atoms with Crippen LogP contribution < -0.4 is 15.4 Å². The van der Waals surface area contributed by atoms with E-state index in [0.717, 1.165) is 25.0 Å². The molecule has 3 N–H and O–H groups in total. The topological polar surface area (TPSA) is 105 Å². The van der Waals surface area contributed by atoms with E-state index in [0.29, 0.717) is 32.2 Å². The van der Waals surface area contributed by atoms with Crippen molar-refractivity contribution in [2.24, 2.45) is 4.99 Å². The third-order valence-electron chi connectivity index (χ3n) is 3.79. The van der Waals surface area contributed by atoms with Gasteiger partial charge in [-0.3, -0.25) is 0 Å². The van der Waals surface area contributed by atoms with E-state index in [1.165, 1.54) is 0 Å². The molecular formula is C16H29IN4O4S. The van der Waals surface area contributed by atoms with Gasteiger partial charge in [-0.1, -0.05) is 0 Å². The molecule has 1 aliphatic heterocycles. The fourth-order valence-corrected chi connectivity index (χ4v) is 3.42. The highest BCUT2D eigenvalue weighted by Crippen LogP contribution is 2.11. The molecule has 10 heteroatoms. The Labute approximate surface area is 172 Å². The maximum absolute atomic E-state index is 12.1. The van der Waals surface area contributed by atoms with Crippen molar-refractivity contribution in [1.29, 1.82) is 0 Å². The Morgan fingerprint density at radius 3 is 2.85 bits per heavy atom. The van der Waals surface area contributed by atoms with Crippen molar-refractivity contribution in [3.63, 3.8) is 0 Å². The summed E-state index contributed by atoms with van der Waals surface area (Å²) in [6.07, 6.45) is 4.64. The molecule has 1 aromatic rings. The van der Waals surface area contributed by atoms with Crippen LogP contribution in [0.25, 0.3) is 0 Å². The number of nitrogens with zero attached hydrogens (tertiary/aromatic N) is 1. The smallest absolute Gasteiger partial charge is 0.213 e. The van der Waals surface area contributed by atoms with E-state index in [4.69, 9.17) is 9.15 Å². The summed E-state index contributed by atoms with van der Waals surface area (Å²) in [5, 5.41) is 6.10. The van der Waals surface area contributed by atoms with Crippen molar-refractivity contribution in [2.45, 2.75) is 38.8 Å². The number of hydrogen-bond donors (Lipinski definition) is 3. The normalized spacial score (nSPS) is 18.2. The lowest BCUT2D eigenvalue weighted by Crippen LogP contribution is -2.42. The van der Waals surface area contributed by atoms with E-state index in [2.05, 4.69) is 20.3 Å². The molecule has 0 spiro atoms. The molecule has 2 heterocycles. The number of guanidine groups is 1. The van der Waals surface area contributed by atoms with Gasteiger partial charge < -0.3 is 19.8 Å². The molecule has 1 aliphatic rings. The van der Waals surface area contributed by atoms with Gasteiger partial charge in [0.1, 0.15) is 12.3 Å². The van der Waals surface area contributed by atoms with E-state index in [1.54, 1.807) is 12.3 Å². The summed E-state index contributed by atoms with van der Waals surface area (Å²) in [5.74, 6) is 1.29. The standard InChI is InChI=1S/C16H28N4O4S.HI/c1-2-17-16(19-12-14-7-5-10-24-14)18-8-11-25(21,22)20-13-15-6-3-4-9-23-15;/h5,7,10,15,20H,2-4,6,8-9,11-13H2,1H3,(H2,17,18,19);1H. The van der Waals surface area contributed by atoms with Crippen molar-refractivity contribution >= 4 is 40.0 Å². The van der Waals surface area contributed by atoms with Gasteiger partial charge in [-0.2, -0.15) is 0 Å². The molecular weight excluding hydrogens is 471 g/mol. The van der Waals surface area contributed by atoms with Gasteiger partial charge in [0.05, 0.1) is 18.1 Å². The van der Waals surface area contributed by atoms with Crippen LogP contribution in [0.3, 0.4) is 0 Å². The maximum atomic E-state index is 12.1. The molecule has 0 aromatic carbocycles. The second-order valence-electron chi connectivity index (χ2n) is 5.86. The number of furan rings is 1. The minimum absolute atomic E-state index is 0. The number of hydrogen-bond acceptors (Lipinski definition) is 5. The Balaban J connectivity index is 0.00000338. The quantitative estimate of drug-likeness (QED) is 0.269. The highest BCUT2D eigenvalue weighted by atomic mass is 127. The highest BCUT2D eigenvalue weighted by Gasteiger charge is 2.17. The van der Waals surface area contributed by atoms with E-state index in [9.17, 15) is 8.42 Å². The molecule has 8 nitrogen and oxygen atoms in total. The third kappa shape index (κ3) is 9.19. The summed E-state index contributed by atoms with van der Waals surface area (Å²) >= 11 is 0. The van der Waals surface area contributed by atoms with Crippen LogP contribution in [0.4, 0.5) is 0 Å². The number of aliphatic imine (C=N–C) groups is 1. The van der Waals surface area contributed by atoms with E-state index in [1.807, 2.05) is 13.0 Å². The van der Waals surface area contributed by atoms with Crippen LogP contribution in [-0.4, -0.2) is 52.5 Å². The zero-order valence-corrected chi connectivity index (χ0v) is 18.2. The van der Waals surface area contributed by atoms with Crippen LogP contribution in [-0.2, 0) is 21.3 Å². The summed E-state index contributed by atoms with van der Waals surface area (Å²) < 4.78 is 37.5. The van der Waals surface area contributed by atoms with Crippen LogP contribution >= 0.6 is 24.0 Å². The summed E-state index contributed by atoms with van der Waals surface area (Å²) in [6, 6.07) is 3.65. The van der Waals surface area contributed by atoms with Gasteiger partial charge in [0.25, 0.3) is 0 Å². The molecule has 150 valence electrons. The van der Waals surface area contributed by atoms with E-state index in [-0.39, 0.29) is 42.4 Å². The number of nitrogens with one attached hydrogen (secondary N) is 3. The van der Waals surface area contributed by atoms with Gasteiger partial charge in [0, 0.05) is 26.2 Å². The number of ether oxygens (including phenoxy) is 1. The van der Waals surface area contributed by atoms with Crippen molar-refractivity contribution in [3.8, 4) is 0 Å². The fourth-order valence-electron chi connectivity index (χ4n) is 2.47. The zero-order valence-electron chi connectivity index (χ0n) is 15.1. The minimum atomic E-state index is -3.34. The Bertz CT molecular complexity index is 616. The molecule has 1 atom stereocenters. The van der Waals surface area contributed by atoms with Crippen molar-refractivity contribution in [3.05, 3.63) is 24.2 Å². The zero-order chi connectivity index (χ0) is 18.0. The first-order chi connectivity index (χ1) is 12.1. The van der Waals surface area contributed by atoms with Crippen LogP contribution in [0.15, 0.2) is 27.8 Å². The average molecular weight is 500 g/mol. The molecule has 0 saturated carbocycles. The molecule has 0 aliphatic carbocycles. The summed E-state index contributed by atoms with van der Waals surface area (Å²) in [6.45, 7) is 4.36. The molecule has 1 aromatic heterocycles. The van der Waals surface area contributed by atoms with Gasteiger partial charge >= 0.3 is 0 Å². The number of rotatable bonds is 9. The van der Waals surface area contributed by atoms with Gasteiger partial charge in [-0.05, 0) is 38.3 Å². The first-order valence-corrected chi connectivity index (χ1v) is 10.4. The monoisotopic (exact) mass is 500 g/mol. The summed E-state index contributed by atoms with van der Waals surface area (Å²) in [5.41, 5.74) is 0. The molecule has 0 radical (unpaired) electrons.